The Bertz CT molecular complexity index is 682. The summed E-state index contributed by atoms with van der Waals surface area (Å²) < 4.78 is 1.07. The number of rotatable bonds is 4. The van der Waals surface area contributed by atoms with Crippen LogP contribution in [0.2, 0.25) is 0 Å². The van der Waals surface area contributed by atoms with Gasteiger partial charge in [-0.05, 0) is 53.3 Å². The molecule has 0 bridgehead atoms. The number of amides is 2. The topological polar surface area (TPSA) is 58.2 Å². The molecular formula is C15H15IN2O2S. The van der Waals surface area contributed by atoms with Crippen LogP contribution < -0.4 is 10.6 Å². The van der Waals surface area contributed by atoms with Gasteiger partial charge in [0.05, 0.1) is 8.45 Å². The van der Waals surface area contributed by atoms with Gasteiger partial charge in [-0.2, -0.15) is 0 Å². The zero-order valence-corrected chi connectivity index (χ0v) is 14.7. The van der Waals surface area contributed by atoms with E-state index in [1.807, 2.05) is 30.5 Å². The molecule has 110 valence electrons. The van der Waals surface area contributed by atoms with Crippen molar-refractivity contribution in [2.75, 3.05) is 10.6 Å². The molecule has 0 spiro atoms. The lowest BCUT2D eigenvalue weighted by molar-refractivity contribution is -0.115. The molecule has 0 unspecified atom stereocenters. The van der Waals surface area contributed by atoms with Crippen molar-refractivity contribution in [3.8, 4) is 0 Å². The monoisotopic (exact) mass is 414 g/mol. The normalized spacial score (nSPS) is 10.2. The summed E-state index contributed by atoms with van der Waals surface area (Å²) in [6.07, 6.45) is 0.420. The van der Waals surface area contributed by atoms with Gasteiger partial charge < -0.3 is 10.6 Å². The van der Waals surface area contributed by atoms with Crippen LogP contribution in [0.4, 0.5) is 11.4 Å². The zero-order chi connectivity index (χ0) is 15.4. The molecule has 1 heterocycles. The highest BCUT2D eigenvalue weighted by Gasteiger charge is 2.10. The summed E-state index contributed by atoms with van der Waals surface area (Å²) in [7, 11) is 0. The minimum Gasteiger partial charge on any atom is -0.326 e. The Balaban J connectivity index is 2.17. The standard InChI is InChI=1S/C15H15IN2O2S/c1-3-14(19)17-11-5-4-9(2)12(7-11)18-15(20)10-6-13(16)21-8-10/h4-8H,3H2,1-2H3,(H,17,19)(H,18,20). The molecule has 0 atom stereocenters. The average molecular weight is 414 g/mol. The number of thiophene rings is 1. The van der Waals surface area contributed by atoms with E-state index in [1.165, 1.54) is 11.3 Å². The molecule has 6 heteroatoms. The second-order valence-corrected chi connectivity index (χ2v) is 7.33. The van der Waals surface area contributed by atoms with E-state index in [0.29, 0.717) is 23.4 Å². The van der Waals surface area contributed by atoms with Gasteiger partial charge in [-0.25, -0.2) is 0 Å². The lowest BCUT2D eigenvalue weighted by Gasteiger charge is -2.11. The summed E-state index contributed by atoms with van der Waals surface area (Å²) in [6, 6.07) is 7.32. The number of carbonyl (C=O) groups excluding carboxylic acids is 2. The third kappa shape index (κ3) is 4.28. The minimum absolute atomic E-state index is 0.0523. The van der Waals surface area contributed by atoms with Crippen molar-refractivity contribution in [2.45, 2.75) is 20.3 Å². The maximum atomic E-state index is 12.2. The Morgan fingerprint density at radius 1 is 1.24 bits per heavy atom. The minimum atomic E-state index is -0.142. The van der Waals surface area contributed by atoms with Crippen molar-refractivity contribution < 1.29 is 9.59 Å². The Labute approximate surface area is 141 Å². The second-order valence-electron chi connectivity index (χ2n) is 4.53. The van der Waals surface area contributed by atoms with E-state index in [0.717, 1.165) is 8.45 Å². The van der Waals surface area contributed by atoms with Gasteiger partial charge in [-0.15, -0.1) is 11.3 Å². The summed E-state index contributed by atoms with van der Waals surface area (Å²) in [4.78, 5) is 23.6. The molecule has 21 heavy (non-hydrogen) atoms. The first-order chi connectivity index (χ1) is 9.99. The van der Waals surface area contributed by atoms with E-state index in [2.05, 4.69) is 33.2 Å². The van der Waals surface area contributed by atoms with E-state index in [-0.39, 0.29) is 11.8 Å². The number of halogens is 1. The van der Waals surface area contributed by atoms with Gasteiger partial charge in [0.1, 0.15) is 0 Å². The molecule has 1 aromatic carbocycles. The Morgan fingerprint density at radius 3 is 2.62 bits per heavy atom. The van der Waals surface area contributed by atoms with Crippen LogP contribution in [-0.2, 0) is 4.79 Å². The van der Waals surface area contributed by atoms with Crippen LogP contribution in [0.1, 0.15) is 29.3 Å². The van der Waals surface area contributed by atoms with Gasteiger partial charge in [0.25, 0.3) is 5.91 Å². The van der Waals surface area contributed by atoms with Gasteiger partial charge in [0, 0.05) is 23.2 Å². The lowest BCUT2D eigenvalue weighted by Crippen LogP contribution is -2.13. The first-order valence-corrected chi connectivity index (χ1v) is 8.41. The maximum absolute atomic E-state index is 12.2. The predicted octanol–water partition coefficient (Wildman–Crippen LogP) is 4.26. The molecule has 1 aromatic heterocycles. The van der Waals surface area contributed by atoms with Crippen molar-refractivity contribution in [3.63, 3.8) is 0 Å². The van der Waals surface area contributed by atoms with Gasteiger partial charge >= 0.3 is 0 Å². The fraction of sp³-hybridized carbons (Fsp3) is 0.200. The van der Waals surface area contributed by atoms with E-state index in [9.17, 15) is 9.59 Å². The highest BCUT2D eigenvalue weighted by Crippen LogP contribution is 2.23. The van der Waals surface area contributed by atoms with Gasteiger partial charge in [0.2, 0.25) is 5.91 Å². The van der Waals surface area contributed by atoms with Crippen molar-refractivity contribution in [1.29, 1.82) is 0 Å². The number of anilines is 2. The van der Waals surface area contributed by atoms with E-state index in [1.54, 1.807) is 13.0 Å². The van der Waals surface area contributed by atoms with Crippen LogP contribution in [-0.4, -0.2) is 11.8 Å². The van der Waals surface area contributed by atoms with Crippen molar-refractivity contribution in [2.24, 2.45) is 0 Å². The summed E-state index contributed by atoms with van der Waals surface area (Å²) in [6.45, 7) is 3.71. The molecule has 0 saturated carbocycles. The molecule has 0 aliphatic carbocycles. The Hall–Kier alpha value is -1.41. The zero-order valence-electron chi connectivity index (χ0n) is 11.7. The summed E-state index contributed by atoms with van der Waals surface area (Å²) in [5.41, 5.74) is 2.98. The molecule has 2 aromatic rings. The lowest BCUT2D eigenvalue weighted by atomic mass is 10.1. The number of hydrogen-bond acceptors (Lipinski definition) is 3. The van der Waals surface area contributed by atoms with E-state index in [4.69, 9.17) is 0 Å². The quantitative estimate of drug-likeness (QED) is 0.735. The number of carbonyl (C=O) groups is 2. The van der Waals surface area contributed by atoms with Crippen LogP contribution in [0.5, 0.6) is 0 Å². The largest absolute Gasteiger partial charge is 0.326 e. The molecule has 0 fully saturated rings. The molecule has 0 radical (unpaired) electrons. The van der Waals surface area contributed by atoms with Crippen LogP contribution in [0.25, 0.3) is 0 Å². The van der Waals surface area contributed by atoms with Crippen LogP contribution in [0.15, 0.2) is 29.6 Å². The summed E-state index contributed by atoms with van der Waals surface area (Å²) >= 11 is 3.72. The fourth-order valence-electron chi connectivity index (χ4n) is 1.71. The fourth-order valence-corrected chi connectivity index (χ4v) is 3.03. The van der Waals surface area contributed by atoms with Crippen LogP contribution in [0, 0.1) is 9.81 Å². The molecule has 2 rings (SSSR count). The highest BCUT2D eigenvalue weighted by molar-refractivity contribution is 14.1. The van der Waals surface area contributed by atoms with Gasteiger partial charge in [-0.1, -0.05) is 13.0 Å². The molecule has 2 N–H and O–H groups in total. The van der Waals surface area contributed by atoms with Crippen LogP contribution in [0.3, 0.4) is 0 Å². The van der Waals surface area contributed by atoms with Crippen molar-refractivity contribution in [3.05, 3.63) is 43.7 Å². The van der Waals surface area contributed by atoms with Gasteiger partial charge in [-0.3, -0.25) is 9.59 Å². The second kappa shape index (κ2) is 7.04. The highest BCUT2D eigenvalue weighted by atomic mass is 127. The van der Waals surface area contributed by atoms with E-state index >= 15 is 0 Å². The van der Waals surface area contributed by atoms with E-state index < -0.39 is 0 Å². The molecule has 0 aliphatic heterocycles. The summed E-state index contributed by atoms with van der Waals surface area (Å²) in [5, 5.41) is 7.50. The smallest absolute Gasteiger partial charge is 0.256 e. The number of aryl methyl sites for hydroxylation is 1. The SMILES string of the molecule is CCC(=O)Nc1ccc(C)c(NC(=O)c2csc(I)c2)c1. The Kier molecular flexibility index (Phi) is 5.35. The third-order valence-corrected chi connectivity index (χ3v) is 4.71. The van der Waals surface area contributed by atoms with Crippen LogP contribution >= 0.6 is 33.9 Å². The van der Waals surface area contributed by atoms with Gasteiger partial charge in [0.15, 0.2) is 0 Å². The first-order valence-electron chi connectivity index (χ1n) is 6.45. The number of nitrogens with one attached hydrogen (secondary N) is 2. The first kappa shape index (κ1) is 16.0. The number of hydrogen-bond donors (Lipinski definition) is 2. The third-order valence-electron chi connectivity index (χ3n) is 2.92. The molecule has 0 saturated heterocycles. The predicted molar refractivity (Wildman–Crippen MR) is 95.1 cm³/mol. The van der Waals surface area contributed by atoms with Crippen molar-refractivity contribution in [1.82, 2.24) is 0 Å². The molecular weight excluding hydrogens is 399 g/mol. The Morgan fingerprint density at radius 2 is 2.00 bits per heavy atom. The molecule has 0 aliphatic rings. The average Bonchev–Trinajstić information content (AvgIpc) is 2.89. The number of benzene rings is 1. The molecule has 4 nitrogen and oxygen atoms in total. The van der Waals surface area contributed by atoms with Crippen molar-refractivity contribution >= 4 is 57.1 Å². The molecule has 2 amide bonds. The maximum Gasteiger partial charge on any atom is 0.256 e. The summed E-state index contributed by atoms with van der Waals surface area (Å²) in [5.74, 6) is -0.195.